The molecule has 6 nitrogen and oxygen atoms in total. The Kier molecular flexibility index (Phi) is 6.82. The van der Waals surface area contributed by atoms with Gasteiger partial charge in [-0.25, -0.2) is 8.42 Å². The van der Waals surface area contributed by atoms with E-state index in [4.69, 9.17) is 16.3 Å². The minimum absolute atomic E-state index is 0.107. The van der Waals surface area contributed by atoms with Gasteiger partial charge in [0.2, 0.25) is 15.9 Å². The van der Waals surface area contributed by atoms with E-state index in [0.29, 0.717) is 21.1 Å². The smallest absolute Gasteiger partial charge is 0.416 e. The summed E-state index contributed by atoms with van der Waals surface area (Å²) < 4.78 is 70.2. The summed E-state index contributed by atoms with van der Waals surface area (Å²) in [4.78, 5) is 11.7. The number of rotatable bonds is 6. The maximum Gasteiger partial charge on any atom is 0.416 e. The summed E-state index contributed by atoms with van der Waals surface area (Å²) in [6.07, 6.45) is -4.70. The number of benzene rings is 2. The highest BCUT2D eigenvalue weighted by atomic mass is 35.5. The summed E-state index contributed by atoms with van der Waals surface area (Å²) in [7, 11) is -1.86. The minimum Gasteiger partial charge on any atom is -0.495 e. The van der Waals surface area contributed by atoms with Crippen molar-refractivity contribution in [1.82, 2.24) is 4.31 Å². The van der Waals surface area contributed by atoms with Gasteiger partial charge in [-0.1, -0.05) is 17.7 Å². The Balaban J connectivity index is 2.23. The molecule has 2 aromatic rings. The molecule has 158 valence electrons. The fourth-order valence-corrected chi connectivity index (χ4v) is 3.83. The Morgan fingerprint density at radius 3 is 2.45 bits per heavy atom. The number of nitrogens with zero attached hydrogens (tertiary/aromatic N) is 1. The number of hydrogen-bond acceptors (Lipinski definition) is 4. The average molecular weight is 451 g/mol. The molecule has 0 unspecified atom stereocenters. The third-order valence-corrected chi connectivity index (χ3v) is 6.06. The number of nitrogens with one attached hydrogen (secondary N) is 1. The number of carbonyl (C=O) groups excluding carboxylic acids is 1. The third-order valence-electron chi connectivity index (χ3n) is 4.02. The number of likely N-dealkylation sites (N-methyl/N-ethyl adjacent to an activating group) is 1. The van der Waals surface area contributed by atoms with Gasteiger partial charge in [-0.2, -0.15) is 17.5 Å². The molecule has 0 spiro atoms. The van der Waals surface area contributed by atoms with E-state index in [0.717, 1.165) is 19.2 Å². The number of anilines is 1. The lowest BCUT2D eigenvalue weighted by atomic mass is 10.1. The van der Waals surface area contributed by atoms with Crippen LogP contribution in [0.1, 0.15) is 11.1 Å². The number of halogens is 4. The van der Waals surface area contributed by atoms with E-state index in [1.54, 1.807) is 6.07 Å². The van der Waals surface area contributed by atoms with Crippen LogP contribution in [0.15, 0.2) is 41.3 Å². The Morgan fingerprint density at radius 1 is 1.21 bits per heavy atom. The van der Waals surface area contributed by atoms with Crippen LogP contribution >= 0.6 is 11.6 Å². The largest absolute Gasteiger partial charge is 0.495 e. The van der Waals surface area contributed by atoms with Crippen LogP contribution in [-0.2, 0) is 21.0 Å². The Labute approximate surface area is 171 Å². The molecule has 0 aliphatic heterocycles. The first-order chi connectivity index (χ1) is 13.4. The normalized spacial score (nSPS) is 12.1. The predicted octanol–water partition coefficient (Wildman–Crippen LogP) is 3.94. The van der Waals surface area contributed by atoms with E-state index in [9.17, 15) is 26.4 Å². The fourth-order valence-electron chi connectivity index (χ4n) is 2.50. The molecule has 0 aliphatic rings. The lowest BCUT2D eigenvalue weighted by molar-refractivity contribution is -0.138. The maximum absolute atomic E-state index is 13.1. The highest BCUT2D eigenvalue weighted by Gasteiger charge is 2.34. The molecule has 0 saturated carbocycles. The van der Waals surface area contributed by atoms with E-state index in [1.165, 1.54) is 26.2 Å². The van der Waals surface area contributed by atoms with E-state index in [2.05, 4.69) is 5.32 Å². The number of methoxy groups -OCH3 is 1. The standard InChI is InChI=1S/C18H18ClF3N2O4S/c1-11-4-6-13(9-14(11)18(20,21)22)29(26,27)24(2)10-17(25)23-15-8-12(19)5-7-16(15)28-3/h4-9H,10H2,1-3H3,(H,23,25). The second-order valence-electron chi connectivity index (χ2n) is 6.13. The van der Waals surface area contributed by atoms with Crippen LogP contribution in [0.3, 0.4) is 0 Å². The second kappa shape index (κ2) is 8.60. The van der Waals surface area contributed by atoms with Crippen LogP contribution < -0.4 is 10.1 Å². The number of amides is 1. The summed E-state index contributed by atoms with van der Waals surface area (Å²) in [5, 5.41) is 2.79. The molecular weight excluding hydrogens is 433 g/mol. The van der Waals surface area contributed by atoms with Crippen LogP contribution in [0, 0.1) is 6.92 Å². The lowest BCUT2D eigenvalue weighted by Gasteiger charge is -2.19. The van der Waals surface area contributed by atoms with Gasteiger partial charge in [-0.15, -0.1) is 0 Å². The fraction of sp³-hybridized carbons (Fsp3) is 0.278. The van der Waals surface area contributed by atoms with Crippen molar-refractivity contribution >= 4 is 33.2 Å². The molecule has 2 aromatic carbocycles. The predicted molar refractivity (Wildman–Crippen MR) is 103 cm³/mol. The van der Waals surface area contributed by atoms with Gasteiger partial charge in [-0.3, -0.25) is 4.79 Å². The van der Waals surface area contributed by atoms with Gasteiger partial charge in [0.1, 0.15) is 5.75 Å². The number of sulfonamides is 1. The lowest BCUT2D eigenvalue weighted by Crippen LogP contribution is -2.35. The second-order valence-corrected chi connectivity index (χ2v) is 8.61. The van der Waals surface area contributed by atoms with E-state index >= 15 is 0 Å². The quantitative estimate of drug-likeness (QED) is 0.723. The molecular formula is C18H18ClF3N2O4S. The molecule has 1 amide bonds. The van der Waals surface area contributed by atoms with E-state index in [-0.39, 0.29) is 11.3 Å². The monoisotopic (exact) mass is 450 g/mol. The molecule has 29 heavy (non-hydrogen) atoms. The van der Waals surface area contributed by atoms with Crippen LogP contribution in [0.2, 0.25) is 5.02 Å². The van der Waals surface area contributed by atoms with Crippen molar-refractivity contribution in [2.24, 2.45) is 0 Å². The van der Waals surface area contributed by atoms with Crippen molar-refractivity contribution in [3.8, 4) is 5.75 Å². The van der Waals surface area contributed by atoms with E-state index < -0.39 is 39.1 Å². The third kappa shape index (κ3) is 5.40. The van der Waals surface area contributed by atoms with Crippen molar-refractivity contribution in [2.75, 3.05) is 26.0 Å². The van der Waals surface area contributed by atoms with Crippen LogP contribution in [0.5, 0.6) is 5.75 Å². The molecule has 0 heterocycles. The summed E-state index contributed by atoms with van der Waals surface area (Å²) in [5.74, 6) is -0.415. The zero-order valence-corrected chi connectivity index (χ0v) is 17.2. The number of ether oxygens (including phenoxy) is 1. The first-order valence-corrected chi connectivity index (χ1v) is 9.95. The van der Waals surface area contributed by atoms with Gasteiger partial charge < -0.3 is 10.1 Å². The van der Waals surface area contributed by atoms with Gasteiger partial charge in [0.25, 0.3) is 0 Å². The number of alkyl halides is 3. The molecule has 0 bridgehead atoms. The number of carbonyl (C=O) groups is 1. The summed E-state index contributed by atoms with van der Waals surface area (Å²) in [6, 6.07) is 7.17. The molecule has 0 atom stereocenters. The van der Waals surface area contributed by atoms with Crippen LogP contribution in [0.25, 0.3) is 0 Å². The summed E-state index contributed by atoms with van der Waals surface area (Å²) in [5.41, 5.74) is -0.935. The maximum atomic E-state index is 13.1. The molecule has 1 N–H and O–H groups in total. The molecule has 11 heteroatoms. The molecule has 0 saturated heterocycles. The SMILES string of the molecule is COc1ccc(Cl)cc1NC(=O)CN(C)S(=O)(=O)c1ccc(C)c(C(F)(F)F)c1. The van der Waals surface area contributed by atoms with Crippen molar-refractivity contribution in [1.29, 1.82) is 0 Å². The van der Waals surface area contributed by atoms with Crippen LogP contribution in [0.4, 0.5) is 18.9 Å². The van der Waals surface area contributed by atoms with E-state index in [1.807, 2.05) is 0 Å². The van der Waals surface area contributed by atoms with Gasteiger partial charge in [0.05, 0.1) is 29.8 Å². The molecule has 2 rings (SSSR count). The molecule has 0 radical (unpaired) electrons. The van der Waals surface area contributed by atoms with Crippen molar-refractivity contribution in [2.45, 2.75) is 18.0 Å². The first kappa shape index (κ1) is 23.0. The Hall–Kier alpha value is -2.30. The topological polar surface area (TPSA) is 75.7 Å². The van der Waals surface area contributed by atoms with Crippen molar-refractivity contribution in [3.05, 3.63) is 52.5 Å². The van der Waals surface area contributed by atoms with Gasteiger partial charge >= 0.3 is 6.18 Å². The minimum atomic E-state index is -4.70. The number of aryl methyl sites for hydroxylation is 1. The van der Waals surface area contributed by atoms with Gasteiger partial charge in [0.15, 0.2) is 0 Å². The molecule has 0 aliphatic carbocycles. The summed E-state index contributed by atoms with van der Waals surface area (Å²) in [6.45, 7) is 0.599. The zero-order valence-electron chi connectivity index (χ0n) is 15.7. The molecule has 0 fully saturated rings. The highest BCUT2D eigenvalue weighted by Crippen LogP contribution is 2.33. The van der Waals surface area contributed by atoms with Gasteiger partial charge in [0, 0.05) is 12.1 Å². The zero-order chi connectivity index (χ0) is 22.0. The molecule has 0 aromatic heterocycles. The Morgan fingerprint density at radius 2 is 1.86 bits per heavy atom. The summed E-state index contributed by atoms with van der Waals surface area (Å²) >= 11 is 5.87. The van der Waals surface area contributed by atoms with Crippen LogP contribution in [-0.4, -0.2) is 39.3 Å². The Bertz CT molecular complexity index is 1030. The van der Waals surface area contributed by atoms with Crippen molar-refractivity contribution in [3.63, 3.8) is 0 Å². The average Bonchev–Trinajstić information content (AvgIpc) is 2.61. The van der Waals surface area contributed by atoms with Gasteiger partial charge in [-0.05, 0) is 42.8 Å². The van der Waals surface area contributed by atoms with Crippen molar-refractivity contribution < 1.29 is 31.1 Å². The first-order valence-electron chi connectivity index (χ1n) is 8.14. The highest BCUT2D eigenvalue weighted by molar-refractivity contribution is 7.89. The number of hydrogen-bond donors (Lipinski definition) is 1.